The molecule has 2 aromatic carbocycles. The highest BCUT2D eigenvalue weighted by Gasteiger charge is 2.27. The summed E-state index contributed by atoms with van der Waals surface area (Å²) in [4.78, 5) is 30.7. The smallest absolute Gasteiger partial charge is 0.264 e. The summed E-state index contributed by atoms with van der Waals surface area (Å²) in [5.41, 5.74) is 3.30. The number of nitrogens with one attached hydrogen (secondary N) is 1. The molecule has 1 aliphatic rings. The molecule has 2 amide bonds. The van der Waals surface area contributed by atoms with Crippen molar-refractivity contribution >= 4 is 33.7 Å². The number of carbonyl (C=O) groups excluding carboxylic acids is 2. The minimum atomic E-state index is -4.01. The van der Waals surface area contributed by atoms with Crippen LogP contribution in [0.25, 0.3) is 0 Å². The van der Waals surface area contributed by atoms with Crippen molar-refractivity contribution < 1.29 is 22.7 Å². The molecule has 10 nitrogen and oxygen atoms in total. The number of sulfonamides is 1. The van der Waals surface area contributed by atoms with E-state index in [9.17, 15) is 18.0 Å². The van der Waals surface area contributed by atoms with Gasteiger partial charge in [0.2, 0.25) is 0 Å². The van der Waals surface area contributed by atoms with Crippen molar-refractivity contribution in [1.82, 2.24) is 15.3 Å². The van der Waals surface area contributed by atoms with E-state index in [1.54, 1.807) is 54.6 Å². The average Bonchev–Trinajstić information content (AvgIpc) is 2.96. The number of piperidine rings is 1. The third-order valence-electron chi connectivity index (χ3n) is 5.91. The molecule has 198 valence electrons. The van der Waals surface area contributed by atoms with E-state index in [2.05, 4.69) is 15.5 Å². The lowest BCUT2D eigenvalue weighted by atomic mass is 10.1. The van der Waals surface area contributed by atoms with Gasteiger partial charge in [0.25, 0.3) is 21.8 Å². The van der Waals surface area contributed by atoms with E-state index in [0.717, 1.165) is 36.7 Å². The zero-order valence-electron chi connectivity index (χ0n) is 20.8. The molecule has 0 atom stereocenters. The predicted molar refractivity (Wildman–Crippen MR) is 143 cm³/mol. The molecule has 0 saturated carbocycles. The molecular weight excluding hydrogens is 506 g/mol. The molecule has 0 radical (unpaired) electrons. The molecule has 38 heavy (non-hydrogen) atoms. The molecule has 1 saturated heterocycles. The van der Waals surface area contributed by atoms with Crippen LogP contribution in [0.5, 0.6) is 5.75 Å². The second-order valence-corrected chi connectivity index (χ2v) is 10.5. The van der Waals surface area contributed by atoms with Crippen LogP contribution in [0.1, 0.15) is 24.8 Å². The molecule has 1 aliphatic heterocycles. The summed E-state index contributed by atoms with van der Waals surface area (Å²) in [6.45, 7) is 1.06. The van der Waals surface area contributed by atoms with Crippen LogP contribution >= 0.6 is 0 Å². The van der Waals surface area contributed by atoms with Crippen molar-refractivity contribution in [2.24, 2.45) is 5.10 Å². The molecule has 0 spiro atoms. The first-order chi connectivity index (χ1) is 18.4. The zero-order chi connectivity index (χ0) is 26.8. The molecule has 0 bridgehead atoms. The highest BCUT2D eigenvalue weighted by atomic mass is 32.2. The van der Waals surface area contributed by atoms with Crippen LogP contribution in [0.15, 0.2) is 89.1 Å². The van der Waals surface area contributed by atoms with Gasteiger partial charge in [0.1, 0.15) is 12.3 Å². The Morgan fingerprint density at radius 2 is 1.74 bits per heavy atom. The summed E-state index contributed by atoms with van der Waals surface area (Å²) in [5.74, 6) is -0.0942. The number of benzene rings is 2. The number of likely N-dealkylation sites (tertiary alicyclic amines) is 1. The molecule has 3 aromatic rings. The quantitative estimate of drug-likeness (QED) is 0.315. The lowest BCUT2D eigenvalue weighted by molar-refractivity contribution is -0.134. The number of hydrogen-bond acceptors (Lipinski definition) is 7. The molecule has 0 aliphatic carbocycles. The van der Waals surface area contributed by atoms with Gasteiger partial charge in [0.05, 0.1) is 23.0 Å². The number of aromatic nitrogens is 1. The highest BCUT2D eigenvalue weighted by Crippen LogP contribution is 2.22. The lowest BCUT2D eigenvalue weighted by Gasteiger charge is -2.26. The molecule has 4 rings (SSSR count). The largest absolute Gasteiger partial charge is 0.484 e. The van der Waals surface area contributed by atoms with Gasteiger partial charge < -0.3 is 9.64 Å². The minimum Gasteiger partial charge on any atom is -0.484 e. The summed E-state index contributed by atoms with van der Waals surface area (Å²) in [5, 5.41) is 3.94. The van der Waals surface area contributed by atoms with Gasteiger partial charge in [0.15, 0.2) is 6.61 Å². The van der Waals surface area contributed by atoms with Crippen LogP contribution in [0.4, 0.5) is 5.69 Å². The first-order valence-electron chi connectivity index (χ1n) is 12.2. The molecule has 0 unspecified atom stereocenters. The lowest BCUT2D eigenvalue weighted by Crippen LogP contribution is -2.39. The van der Waals surface area contributed by atoms with Gasteiger partial charge >= 0.3 is 0 Å². The van der Waals surface area contributed by atoms with Crippen molar-refractivity contribution in [3.8, 4) is 5.75 Å². The monoisotopic (exact) mass is 535 g/mol. The summed E-state index contributed by atoms with van der Waals surface area (Å²) < 4.78 is 33.0. The molecule has 1 aromatic heterocycles. The van der Waals surface area contributed by atoms with E-state index in [0.29, 0.717) is 11.3 Å². The second kappa shape index (κ2) is 12.8. The van der Waals surface area contributed by atoms with Crippen LogP contribution in [0.2, 0.25) is 0 Å². The summed E-state index contributed by atoms with van der Waals surface area (Å²) >= 11 is 0. The van der Waals surface area contributed by atoms with Crippen LogP contribution in [-0.2, 0) is 19.6 Å². The van der Waals surface area contributed by atoms with Crippen molar-refractivity contribution in [1.29, 1.82) is 0 Å². The number of carbonyl (C=O) groups is 2. The molecular formula is C27H29N5O5S. The van der Waals surface area contributed by atoms with Crippen molar-refractivity contribution in [2.75, 3.05) is 30.5 Å². The fraction of sp³-hybridized carbons (Fsp3) is 0.259. The predicted octanol–water partition coefficient (Wildman–Crippen LogP) is 2.82. The first-order valence-corrected chi connectivity index (χ1v) is 13.7. The van der Waals surface area contributed by atoms with E-state index < -0.39 is 22.5 Å². The number of hydrazone groups is 1. The summed E-state index contributed by atoms with van der Waals surface area (Å²) in [7, 11) is -4.01. The maximum atomic E-state index is 13.2. The SMILES string of the molecule is O=C(CN(c1cccnc1)S(=O)(=O)c1ccccc1)N/N=C\c1ccc(OCC(=O)N2CCCCC2)cc1. The van der Waals surface area contributed by atoms with Gasteiger partial charge in [-0.25, -0.2) is 13.8 Å². The Morgan fingerprint density at radius 3 is 2.42 bits per heavy atom. The third-order valence-corrected chi connectivity index (χ3v) is 7.69. The van der Waals surface area contributed by atoms with Crippen LogP contribution < -0.4 is 14.5 Å². The number of hydrogen-bond donors (Lipinski definition) is 1. The number of amides is 2. The molecule has 11 heteroatoms. The first kappa shape index (κ1) is 26.8. The van der Waals surface area contributed by atoms with Gasteiger partial charge in [-0.3, -0.25) is 18.9 Å². The number of ether oxygens (including phenoxy) is 1. The third kappa shape index (κ3) is 7.16. The number of rotatable bonds is 10. The van der Waals surface area contributed by atoms with Crippen LogP contribution in [0, 0.1) is 0 Å². The summed E-state index contributed by atoms with van der Waals surface area (Å²) in [6, 6.07) is 17.9. The van der Waals surface area contributed by atoms with E-state index >= 15 is 0 Å². The van der Waals surface area contributed by atoms with E-state index in [1.165, 1.54) is 30.7 Å². The van der Waals surface area contributed by atoms with Gasteiger partial charge in [0, 0.05) is 19.3 Å². The number of nitrogens with zero attached hydrogens (tertiary/aromatic N) is 4. The standard InChI is InChI=1S/C27H29N5O5S/c33-26(20-32(23-8-7-15-28-19-23)38(35,36)25-9-3-1-4-10-25)30-29-18-22-11-13-24(14-12-22)37-21-27(34)31-16-5-2-6-17-31/h1,3-4,7-15,18-19H,2,5-6,16-17,20-21H2,(H,30,33)/b29-18-. The Morgan fingerprint density at radius 1 is 1.00 bits per heavy atom. The van der Waals surface area contributed by atoms with Crippen LogP contribution in [0.3, 0.4) is 0 Å². The second-order valence-electron chi connectivity index (χ2n) is 8.63. The Kier molecular flexibility index (Phi) is 9.04. The van der Waals surface area contributed by atoms with E-state index in [4.69, 9.17) is 4.74 Å². The Bertz CT molecular complexity index is 1340. The number of pyridine rings is 1. The van der Waals surface area contributed by atoms with Gasteiger partial charge in [-0.1, -0.05) is 18.2 Å². The average molecular weight is 536 g/mol. The fourth-order valence-corrected chi connectivity index (χ4v) is 5.34. The van der Waals surface area contributed by atoms with E-state index in [-0.39, 0.29) is 23.1 Å². The summed E-state index contributed by atoms with van der Waals surface area (Å²) in [6.07, 6.45) is 7.54. The van der Waals surface area contributed by atoms with Crippen LogP contribution in [-0.4, -0.2) is 62.6 Å². The van der Waals surface area contributed by atoms with E-state index in [1.807, 2.05) is 4.90 Å². The Balaban J connectivity index is 1.33. The van der Waals surface area contributed by atoms with Crippen molar-refractivity contribution in [3.05, 3.63) is 84.7 Å². The molecule has 1 N–H and O–H groups in total. The fourth-order valence-electron chi connectivity index (χ4n) is 3.91. The van der Waals surface area contributed by atoms with Gasteiger partial charge in [-0.05, 0) is 73.4 Å². The molecule has 1 fully saturated rings. The van der Waals surface area contributed by atoms with Gasteiger partial charge in [-0.15, -0.1) is 0 Å². The maximum Gasteiger partial charge on any atom is 0.264 e. The topological polar surface area (TPSA) is 121 Å². The van der Waals surface area contributed by atoms with Crippen molar-refractivity contribution in [3.63, 3.8) is 0 Å². The Hall–Kier alpha value is -4.25. The number of anilines is 1. The minimum absolute atomic E-state index is 0.0111. The maximum absolute atomic E-state index is 13.2. The normalized spacial score (nSPS) is 13.7. The highest BCUT2D eigenvalue weighted by molar-refractivity contribution is 7.92. The molecule has 2 heterocycles. The zero-order valence-corrected chi connectivity index (χ0v) is 21.6. The van der Waals surface area contributed by atoms with Crippen molar-refractivity contribution in [2.45, 2.75) is 24.2 Å². The Labute approximate surface area is 222 Å². The van der Waals surface area contributed by atoms with Gasteiger partial charge in [-0.2, -0.15) is 5.10 Å².